The summed E-state index contributed by atoms with van der Waals surface area (Å²) in [6.07, 6.45) is 0.300. The van der Waals surface area contributed by atoms with Crippen LogP contribution in [0.2, 0.25) is 0 Å². The number of hydrogen-bond donors (Lipinski definition) is 0. The molecule has 0 bridgehead atoms. The van der Waals surface area contributed by atoms with Crippen molar-refractivity contribution in [2.45, 2.75) is 31.6 Å². The Kier molecular flexibility index (Phi) is 5.28. The smallest absolute Gasteiger partial charge is 0.248 e. The molecule has 3 rings (SSSR count). The predicted octanol–water partition coefficient (Wildman–Crippen LogP) is 3.24. The van der Waals surface area contributed by atoms with E-state index in [0.29, 0.717) is 16.1 Å². The summed E-state index contributed by atoms with van der Waals surface area (Å²) in [6.45, 7) is 3.85. The average Bonchev–Trinajstić information content (AvgIpc) is 2.90. The van der Waals surface area contributed by atoms with E-state index in [2.05, 4.69) is 20.9 Å². The largest absolute Gasteiger partial charge is 0.313 e. The van der Waals surface area contributed by atoms with Crippen molar-refractivity contribution in [1.82, 2.24) is 0 Å². The lowest BCUT2D eigenvalue weighted by Crippen LogP contribution is -2.38. The van der Waals surface area contributed by atoms with Crippen molar-refractivity contribution in [2.75, 3.05) is 16.4 Å². The van der Waals surface area contributed by atoms with E-state index in [1.165, 1.54) is 17.8 Å². The number of nitrogens with zero attached hydrogens (tertiary/aromatic N) is 2. The van der Waals surface area contributed by atoms with E-state index in [1.807, 2.05) is 13.8 Å². The molecule has 2 aliphatic heterocycles. The molecular weight excluding hydrogens is 431 g/mol. The normalized spacial score (nSPS) is 26.4. The molecule has 2 aliphatic rings. The topological polar surface area (TPSA) is 66.8 Å². The van der Waals surface area contributed by atoms with Crippen molar-refractivity contribution < 1.29 is 17.6 Å². The number of carbonyl (C=O) groups is 1. The number of hydrogen-bond acceptors (Lipinski definition) is 4. The van der Waals surface area contributed by atoms with E-state index >= 15 is 0 Å². The van der Waals surface area contributed by atoms with Gasteiger partial charge in [-0.05, 0) is 24.1 Å². The molecule has 1 aromatic carbocycles. The minimum absolute atomic E-state index is 0.0222. The molecule has 0 aromatic heterocycles. The van der Waals surface area contributed by atoms with Crippen LogP contribution in [0.5, 0.6) is 0 Å². The fraction of sp³-hybridized carbons (Fsp3) is 0.500. The van der Waals surface area contributed by atoms with E-state index < -0.39 is 21.7 Å². The van der Waals surface area contributed by atoms with Gasteiger partial charge in [0.2, 0.25) is 5.91 Å². The van der Waals surface area contributed by atoms with Crippen molar-refractivity contribution in [3.63, 3.8) is 0 Å². The van der Waals surface area contributed by atoms with Crippen molar-refractivity contribution >= 4 is 54.3 Å². The second-order valence-electron chi connectivity index (χ2n) is 6.65. The number of thioether (sulfide) groups is 1. The molecule has 1 aromatic rings. The maximum atomic E-state index is 14.5. The number of fused-ring (bicyclic) bond motifs is 1. The van der Waals surface area contributed by atoms with Crippen LogP contribution in [-0.4, -0.2) is 42.3 Å². The number of anilines is 1. The molecule has 25 heavy (non-hydrogen) atoms. The maximum Gasteiger partial charge on any atom is 0.248 e. The van der Waals surface area contributed by atoms with Gasteiger partial charge in [-0.3, -0.25) is 4.79 Å². The van der Waals surface area contributed by atoms with Gasteiger partial charge in [0.05, 0.1) is 23.2 Å². The van der Waals surface area contributed by atoms with Gasteiger partial charge in [0.25, 0.3) is 0 Å². The van der Waals surface area contributed by atoms with Crippen LogP contribution in [0.4, 0.5) is 10.1 Å². The Labute approximate surface area is 159 Å². The van der Waals surface area contributed by atoms with E-state index in [9.17, 15) is 17.6 Å². The van der Waals surface area contributed by atoms with Crippen LogP contribution >= 0.6 is 27.7 Å². The predicted molar refractivity (Wildman–Crippen MR) is 102 cm³/mol. The first kappa shape index (κ1) is 18.8. The van der Waals surface area contributed by atoms with E-state index in [0.717, 1.165) is 0 Å². The third kappa shape index (κ3) is 4.09. The third-order valence-corrected chi connectivity index (χ3v) is 7.74. The highest BCUT2D eigenvalue weighted by molar-refractivity contribution is 9.10. The van der Waals surface area contributed by atoms with E-state index in [-0.39, 0.29) is 34.3 Å². The summed E-state index contributed by atoms with van der Waals surface area (Å²) in [5, 5.41) is 0.149. The summed E-state index contributed by atoms with van der Waals surface area (Å²) in [6, 6.07) is 4.18. The Morgan fingerprint density at radius 2 is 2.16 bits per heavy atom. The SMILES string of the molecule is CC(C)CC(=O)N=C1S[C@H]2CS(=O)(=O)C[C@H]2N1c1ccc(Br)cc1F. The second-order valence-corrected chi connectivity index (χ2v) is 10.9. The van der Waals surface area contributed by atoms with Crippen LogP contribution in [-0.2, 0) is 14.6 Å². The average molecular weight is 449 g/mol. The van der Waals surface area contributed by atoms with Gasteiger partial charge < -0.3 is 4.90 Å². The molecule has 0 saturated carbocycles. The quantitative estimate of drug-likeness (QED) is 0.709. The molecule has 5 nitrogen and oxygen atoms in total. The van der Waals surface area contributed by atoms with Gasteiger partial charge in [-0.1, -0.05) is 41.5 Å². The van der Waals surface area contributed by atoms with Crippen LogP contribution in [0.1, 0.15) is 20.3 Å². The minimum Gasteiger partial charge on any atom is -0.313 e. The lowest BCUT2D eigenvalue weighted by atomic mass is 10.1. The van der Waals surface area contributed by atoms with Gasteiger partial charge in [0.15, 0.2) is 15.0 Å². The molecule has 0 spiro atoms. The molecule has 0 radical (unpaired) electrons. The minimum atomic E-state index is -3.17. The summed E-state index contributed by atoms with van der Waals surface area (Å²) in [5.74, 6) is -0.626. The Morgan fingerprint density at radius 1 is 1.44 bits per heavy atom. The zero-order chi connectivity index (χ0) is 18.4. The van der Waals surface area contributed by atoms with Gasteiger partial charge in [0.1, 0.15) is 5.82 Å². The molecular formula is C16H18BrFN2O3S2. The van der Waals surface area contributed by atoms with Crippen LogP contribution in [0.3, 0.4) is 0 Å². The molecule has 0 aliphatic carbocycles. The number of sulfone groups is 1. The van der Waals surface area contributed by atoms with E-state index in [1.54, 1.807) is 17.0 Å². The van der Waals surface area contributed by atoms with Crippen LogP contribution < -0.4 is 4.90 Å². The summed E-state index contributed by atoms with van der Waals surface area (Å²) < 4.78 is 39.1. The molecule has 2 atom stereocenters. The number of carbonyl (C=O) groups excluding carboxylic acids is 1. The number of amidine groups is 1. The maximum absolute atomic E-state index is 14.5. The Hall–Kier alpha value is -0.930. The summed E-state index contributed by atoms with van der Waals surface area (Å²) >= 11 is 4.47. The van der Waals surface area contributed by atoms with Crippen molar-refractivity contribution in [1.29, 1.82) is 0 Å². The van der Waals surface area contributed by atoms with Crippen molar-refractivity contribution in [3.8, 4) is 0 Å². The highest BCUT2D eigenvalue weighted by Crippen LogP contribution is 2.42. The van der Waals surface area contributed by atoms with Gasteiger partial charge in [-0.2, -0.15) is 4.99 Å². The number of aliphatic imine (C=N–C) groups is 1. The molecule has 2 heterocycles. The zero-order valence-electron chi connectivity index (χ0n) is 13.8. The van der Waals surface area contributed by atoms with Gasteiger partial charge in [-0.15, -0.1) is 0 Å². The first-order valence-corrected chi connectivity index (χ1v) is 11.4. The fourth-order valence-corrected chi connectivity index (χ4v) is 7.28. The number of benzene rings is 1. The third-order valence-electron chi connectivity index (χ3n) is 4.04. The Morgan fingerprint density at radius 3 is 2.80 bits per heavy atom. The summed E-state index contributed by atoms with van der Waals surface area (Å²) in [4.78, 5) is 17.9. The Bertz CT molecular complexity index is 842. The van der Waals surface area contributed by atoms with Crippen LogP contribution in [0.25, 0.3) is 0 Å². The number of halogens is 2. The molecule has 136 valence electrons. The van der Waals surface area contributed by atoms with Gasteiger partial charge in [-0.25, -0.2) is 12.8 Å². The lowest BCUT2D eigenvalue weighted by Gasteiger charge is -2.25. The van der Waals surface area contributed by atoms with E-state index in [4.69, 9.17) is 0 Å². The van der Waals surface area contributed by atoms with Crippen LogP contribution in [0, 0.1) is 11.7 Å². The first-order valence-electron chi connectivity index (χ1n) is 7.89. The van der Waals surface area contributed by atoms with Gasteiger partial charge in [0, 0.05) is 16.1 Å². The summed E-state index contributed by atoms with van der Waals surface area (Å²) in [5.41, 5.74) is 0.247. The Balaban J connectivity index is 2.01. The van der Waals surface area contributed by atoms with Crippen LogP contribution in [0.15, 0.2) is 27.7 Å². The van der Waals surface area contributed by atoms with Crippen molar-refractivity contribution in [3.05, 3.63) is 28.5 Å². The summed E-state index contributed by atoms with van der Waals surface area (Å²) in [7, 11) is -3.17. The molecule has 0 unspecified atom stereocenters. The lowest BCUT2D eigenvalue weighted by molar-refractivity contribution is -0.118. The molecule has 9 heteroatoms. The zero-order valence-corrected chi connectivity index (χ0v) is 17.0. The monoisotopic (exact) mass is 448 g/mol. The standard InChI is InChI=1S/C16H18BrFN2O3S2/c1-9(2)5-15(21)19-16-20(12-4-3-10(17)6-11(12)18)13-7-25(22,23)8-14(13)24-16/h3-4,6,9,13-14H,5,7-8H2,1-2H3/t13-,14+/m1/s1. The fourth-order valence-electron chi connectivity index (χ4n) is 3.02. The highest BCUT2D eigenvalue weighted by atomic mass is 79.9. The number of rotatable bonds is 3. The molecule has 2 saturated heterocycles. The second kappa shape index (κ2) is 7.00. The first-order chi connectivity index (χ1) is 11.7. The van der Waals surface area contributed by atoms with Crippen molar-refractivity contribution in [2.24, 2.45) is 10.9 Å². The highest BCUT2D eigenvalue weighted by Gasteiger charge is 2.49. The molecule has 2 fully saturated rings. The molecule has 0 N–H and O–H groups in total. The number of amides is 1. The van der Waals surface area contributed by atoms with Gasteiger partial charge >= 0.3 is 0 Å². The molecule has 1 amide bonds.